The van der Waals surface area contributed by atoms with E-state index < -0.39 is 6.10 Å². The largest absolute Gasteiger partial charge is 0.496 e. The van der Waals surface area contributed by atoms with Gasteiger partial charge in [0.15, 0.2) is 0 Å². The van der Waals surface area contributed by atoms with Gasteiger partial charge in [-0.15, -0.1) is 0 Å². The summed E-state index contributed by atoms with van der Waals surface area (Å²) in [4.78, 5) is 0. The SMILES string of the molecule is COc1ccc(C)cc1C(O)C(C)NCC(C)C. The number of ether oxygens (including phenoxy) is 1. The van der Waals surface area contributed by atoms with E-state index in [-0.39, 0.29) is 6.04 Å². The van der Waals surface area contributed by atoms with Crippen LogP contribution in [0.4, 0.5) is 0 Å². The summed E-state index contributed by atoms with van der Waals surface area (Å²) in [5, 5.41) is 13.7. The molecule has 2 atom stereocenters. The molecule has 0 radical (unpaired) electrons. The molecule has 0 bridgehead atoms. The number of aryl methyl sites for hydroxylation is 1. The molecule has 18 heavy (non-hydrogen) atoms. The van der Waals surface area contributed by atoms with Crippen molar-refractivity contribution < 1.29 is 9.84 Å². The van der Waals surface area contributed by atoms with Crippen LogP contribution in [0.25, 0.3) is 0 Å². The number of hydrogen-bond acceptors (Lipinski definition) is 3. The molecule has 2 unspecified atom stereocenters. The third-order valence-corrected chi connectivity index (χ3v) is 3.03. The van der Waals surface area contributed by atoms with Crippen LogP contribution < -0.4 is 10.1 Å². The van der Waals surface area contributed by atoms with Crippen molar-refractivity contribution in [3.63, 3.8) is 0 Å². The number of nitrogens with one attached hydrogen (secondary N) is 1. The van der Waals surface area contributed by atoms with Gasteiger partial charge >= 0.3 is 0 Å². The highest BCUT2D eigenvalue weighted by atomic mass is 16.5. The minimum Gasteiger partial charge on any atom is -0.496 e. The monoisotopic (exact) mass is 251 g/mol. The average molecular weight is 251 g/mol. The van der Waals surface area contributed by atoms with Gasteiger partial charge in [-0.05, 0) is 38.4 Å². The zero-order chi connectivity index (χ0) is 13.7. The molecule has 0 saturated heterocycles. The van der Waals surface area contributed by atoms with Gasteiger partial charge in [0.25, 0.3) is 0 Å². The van der Waals surface area contributed by atoms with Gasteiger partial charge in [0.1, 0.15) is 5.75 Å². The van der Waals surface area contributed by atoms with Crippen molar-refractivity contribution in [3.8, 4) is 5.75 Å². The highest BCUT2D eigenvalue weighted by Gasteiger charge is 2.20. The maximum Gasteiger partial charge on any atom is 0.124 e. The number of aliphatic hydroxyl groups excluding tert-OH is 1. The van der Waals surface area contributed by atoms with E-state index in [9.17, 15) is 5.11 Å². The molecule has 0 amide bonds. The Hall–Kier alpha value is -1.06. The molecule has 0 aliphatic carbocycles. The molecule has 1 rings (SSSR count). The van der Waals surface area contributed by atoms with Crippen molar-refractivity contribution in [1.29, 1.82) is 0 Å². The van der Waals surface area contributed by atoms with Crippen molar-refractivity contribution in [3.05, 3.63) is 29.3 Å². The summed E-state index contributed by atoms with van der Waals surface area (Å²) in [6.45, 7) is 9.21. The smallest absolute Gasteiger partial charge is 0.124 e. The van der Waals surface area contributed by atoms with E-state index in [1.54, 1.807) is 7.11 Å². The van der Waals surface area contributed by atoms with Crippen molar-refractivity contribution >= 4 is 0 Å². The van der Waals surface area contributed by atoms with Crippen LogP contribution in [0, 0.1) is 12.8 Å². The van der Waals surface area contributed by atoms with Crippen molar-refractivity contribution in [2.75, 3.05) is 13.7 Å². The second-order valence-electron chi connectivity index (χ2n) is 5.28. The second kappa shape index (κ2) is 6.76. The fourth-order valence-corrected chi connectivity index (χ4v) is 1.89. The molecule has 3 heteroatoms. The van der Waals surface area contributed by atoms with E-state index in [4.69, 9.17) is 4.74 Å². The number of aliphatic hydroxyl groups is 1. The normalized spacial score (nSPS) is 14.6. The molecule has 1 aromatic carbocycles. The van der Waals surface area contributed by atoms with Gasteiger partial charge in [0.05, 0.1) is 13.2 Å². The van der Waals surface area contributed by atoms with E-state index in [0.717, 1.165) is 23.4 Å². The molecule has 0 aliphatic rings. The van der Waals surface area contributed by atoms with E-state index in [2.05, 4.69) is 19.2 Å². The maximum absolute atomic E-state index is 10.4. The molecule has 2 N–H and O–H groups in total. The fraction of sp³-hybridized carbons (Fsp3) is 0.600. The number of hydrogen-bond donors (Lipinski definition) is 2. The van der Waals surface area contributed by atoms with Crippen molar-refractivity contribution in [2.45, 2.75) is 39.8 Å². The highest BCUT2D eigenvalue weighted by Crippen LogP contribution is 2.28. The summed E-state index contributed by atoms with van der Waals surface area (Å²) in [6.07, 6.45) is -0.557. The van der Waals surface area contributed by atoms with Gasteiger partial charge in [0, 0.05) is 11.6 Å². The highest BCUT2D eigenvalue weighted by molar-refractivity contribution is 5.39. The fourth-order valence-electron chi connectivity index (χ4n) is 1.89. The van der Waals surface area contributed by atoms with Gasteiger partial charge in [-0.25, -0.2) is 0 Å². The Morgan fingerprint density at radius 3 is 2.50 bits per heavy atom. The standard InChI is InChI=1S/C15H25NO2/c1-10(2)9-16-12(4)15(17)13-8-11(3)6-7-14(13)18-5/h6-8,10,12,15-17H,9H2,1-5H3. The summed E-state index contributed by atoms with van der Waals surface area (Å²) in [5.74, 6) is 1.31. The molecule has 0 saturated carbocycles. The summed E-state index contributed by atoms with van der Waals surface area (Å²) < 4.78 is 5.31. The maximum atomic E-state index is 10.4. The Balaban J connectivity index is 2.81. The van der Waals surface area contributed by atoms with E-state index in [1.165, 1.54) is 0 Å². The lowest BCUT2D eigenvalue weighted by molar-refractivity contribution is 0.131. The molecule has 1 aromatic rings. The van der Waals surface area contributed by atoms with Gasteiger partial charge < -0.3 is 15.2 Å². The first kappa shape index (κ1) is 15.0. The molecule has 0 heterocycles. The zero-order valence-corrected chi connectivity index (χ0v) is 12.0. The lowest BCUT2D eigenvalue weighted by atomic mass is 10.00. The first-order valence-electron chi connectivity index (χ1n) is 6.51. The van der Waals surface area contributed by atoms with E-state index >= 15 is 0 Å². The second-order valence-corrected chi connectivity index (χ2v) is 5.28. The Bertz CT molecular complexity index is 377. The Morgan fingerprint density at radius 2 is 1.94 bits per heavy atom. The van der Waals surface area contributed by atoms with Crippen LogP contribution in [0.15, 0.2) is 18.2 Å². The quantitative estimate of drug-likeness (QED) is 0.816. The molecular weight excluding hydrogens is 226 g/mol. The molecule has 0 spiro atoms. The molecule has 0 aliphatic heterocycles. The van der Waals surface area contributed by atoms with Crippen molar-refractivity contribution in [2.24, 2.45) is 5.92 Å². The topological polar surface area (TPSA) is 41.5 Å². The van der Waals surface area contributed by atoms with E-state index in [1.807, 2.05) is 32.0 Å². The zero-order valence-electron chi connectivity index (χ0n) is 12.0. The minimum atomic E-state index is -0.557. The summed E-state index contributed by atoms with van der Waals surface area (Å²) in [5.41, 5.74) is 1.97. The molecule has 102 valence electrons. The van der Waals surface area contributed by atoms with Crippen molar-refractivity contribution in [1.82, 2.24) is 5.32 Å². The van der Waals surface area contributed by atoms with E-state index in [0.29, 0.717) is 5.92 Å². The van der Waals surface area contributed by atoms with Crippen LogP contribution in [-0.4, -0.2) is 24.8 Å². The van der Waals surface area contributed by atoms with Gasteiger partial charge in [-0.2, -0.15) is 0 Å². The molecule has 0 aromatic heterocycles. The Labute approximate surface area is 110 Å². The average Bonchev–Trinajstić information content (AvgIpc) is 2.34. The van der Waals surface area contributed by atoms with Crippen LogP contribution in [0.2, 0.25) is 0 Å². The van der Waals surface area contributed by atoms with Crippen LogP contribution in [0.3, 0.4) is 0 Å². The predicted molar refractivity (Wildman–Crippen MR) is 75.0 cm³/mol. The van der Waals surface area contributed by atoms with Crippen LogP contribution in [-0.2, 0) is 0 Å². The Morgan fingerprint density at radius 1 is 1.28 bits per heavy atom. The Kier molecular flexibility index (Phi) is 5.63. The lowest BCUT2D eigenvalue weighted by Crippen LogP contribution is -2.34. The van der Waals surface area contributed by atoms with Crippen LogP contribution >= 0.6 is 0 Å². The first-order chi connectivity index (χ1) is 8.45. The molecular formula is C15H25NO2. The molecule has 3 nitrogen and oxygen atoms in total. The lowest BCUT2D eigenvalue weighted by Gasteiger charge is -2.23. The minimum absolute atomic E-state index is 0.00287. The van der Waals surface area contributed by atoms with Gasteiger partial charge in [0.2, 0.25) is 0 Å². The van der Waals surface area contributed by atoms with Gasteiger partial charge in [-0.1, -0.05) is 25.5 Å². The number of rotatable bonds is 6. The predicted octanol–water partition coefficient (Wildman–Crippen LogP) is 2.67. The van der Waals surface area contributed by atoms with Gasteiger partial charge in [-0.3, -0.25) is 0 Å². The number of benzene rings is 1. The first-order valence-corrected chi connectivity index (χ1v) is 6.51. The summed E-state index contributed by atoms with van der Waals surface area (Å²) in [6, 6.07) is 5.88. The third kappa shape index (κ3) is 4.00. The van der Waals surface area contributed by atoms with Crippen LogP contribution in [0.5, 0.6) is 5.75 Å². The molecule has 0 fully saturated rings. The number of methoxy groups -OCH3 is 1. The third-order valence-electron chi connectivity index (χ3n) is 3.03. The van der Waals surface area contributed by atoms with Crippen LogP contribution in [0.1, 0.15) is 38.0 Å². The summed E-state index contributed by atoms with van der Waals surface area (Å²) >= 11 is 0. The summed E-state index contributed by atoms with van der Waals surface area (Å²) in [7, 11) is 1.63.